The standard InChI is InChI=1S/C18H23FN4O2/c1-11-15(18(25-3)22(2)21-11)14-5-4-10-23(14)16(17(20)24)12-6-8-13(19)9-7-12/h6-9,14,16H,4-5,10H2,1-3H3,(H2,20,24). The summed E-state index contributed by atoms with van der Waals surface area (Å²) in [4.78, 5) is 14.3. The van der Waals surface area contributed by atoms with Gasteiger partial charge in [0.2, 0.25) is 11.8 Å². The Kier molecular flexibility index (Phi) is 4.76. The highest BCUT2D eigenvalue weighted by Crippen LogP contribution is 2.43. The summed E-state index contributed by atoms with van der Waals surface area (Å²) in [5.74, 6) is -0.0922. The molecule has 1 aromatic heterocycles. The van der Waals surface area contributed by atoms with Crippen molar-refractivity contribution in [1.82, 2.24) is 14.7 Å². The normalized spacial score (nSPS) is 19.1. The van der Waals surface area contributed by atoms with Crippen molar-refractivity contribution < 1.29 is 13.9 Å². The minimum atomic E-state index is -0.614. The molecule has 1 aliphatic heterocycles. The van der Waals surface area contributed by atoms with Crippen LogP contribution in [0.15, 0.2) is 24.3 Å². The molecule has 2 aromatic rings. The minimum absolute atomic E-state index is 0.0220. The van der Waals surface area contributed by atoms with Gasteiger partial charge in [0.05, 0.1) is 18.4 Å². The Bertz CT molecular complexity index is 772. The molecule has 1 aromatic carbocycles. The lowest BCUT2D eigenvalue weighted by Gasteiger charge is -2.31. The van der Waals surface area contributed by atoms with Gasteiger partial charge in [-0.1, -0.05) is 12.1 Å². The molecule has 1 amide bonds. The van der Waals surface area contributed by atoms with Crippen molar-refractivity contribution in [3.63, 3.8) is 0 Å². The first-order chi connectivity index (χ1) is 11.9. The number of nitrogens with two attached hydrogens (primary N) is 1. The summed E-state index contributed by atoms with van der Waals surface area (Å²) in [6.07, 6.45) is 1.82. The van der Waals surface area contributed by atoms with E-state index in [-0.39, 0.29) is 11.9 Å². The lowest BCUT2D eigenvalue weighted by molar-refractivity contribution is -0.123. The average Bonchev–Trinajstić information content (AvgIpc) is 3.12. The number of methoxy groups -OCH3 is 1. The van der Waals surface area contributed by atoms with Gasteiger partial charge in [-0.25, -0.2) is 9.07 Å². The van der Waals surface area contributed by atoms with Crippen LogP contribution in [-0.4, -0.2) is 34.2 Å². The third-order valence-corrected chi connectivity index (χ3v) is 4.82. The second-order valence-electron chi connectivity index (χ2n) is 6.38. The number of halogens is 1. The van der Waals surface area contributed by atoms with E-state index in [0.29, 0.717) is 11.4 Å². The Hall–Kier alpha value is -2.41. The zero-order chi connectivity index (χ0) is 18.1. The SMILES string of the molecule is COc1c(C2CCCN2C(C(N)=O)c2ccc(F)cc2)c(C)nn1C. The van der Waals surface area contributed by atoms with E-state index in [4.69, 9.17) is 10.5 Å². The Balaban J connectivity index is 2.02. The molecule has 0 radical (unpaired) electrons. The molecule has 1 saturated heterocycles. The number of carbonyl (C=O) groups is 1. The van der Waals surface area contributed by atoms with Crippen LogP contribution in [-0.2, 0) is 11.8 Å². The minimum Gasteiger partial charge on any atom is -0.481 e. The number of benzene rings is 1. The lowest BCUT2D eigenvalue weighted by Crippen LogP contribution is -2.37. The van der Waals surface area contributed by atoms with Gasteiger partial charge in [-0.15, -0.1) is 0 Å². The average molecular weight is 346 g/mol. The molecule has 0 spiro atoms. The van der Waals surface area contributed by atoms with Crippen molar-refractivity contribution >= 4 is 5.91 Å². The molecular formula is C18H23FN4O2. The van der Waals surface area contributed by atoms with Crippen molar-refractivity contribution in [3.05, 3.63) is 46.9 Å². The van der Waals surface area contributed by atoms with Gasteiger partial charge in [0.25, 0.3) is 0 Å². The van der Waals surface area contributed by atoms with Crippen LogP contribution in [0.5, 0.6) is 5.88 Å². The number of likely N-dealkylation sites (tertiary alicyclic amines) is 1. The number of amides is 1. The van der Waals surface area contributed by atoms with Gasteiger partial charge in [0.15, 0.2) is 0 Å². The molecule has 3 rings (SSSR count). The Labute approximate surface area is 146 Å². The smallest absolute Gasteiger partial charge is 0.239 e. The van der Waals surface area contributed by atoms with E-state index in [1.54, 1.807) is 23.9 Å². The van der Waals surface area contributed by atoms with Gasteiger partial charge in [-0.3, -0.25) is 9.69 Å². The second kappa shape index (κ2) is 6.84. The van der Waals surface area contributed by atoms with Crippen molar-refractivity contribution in [2.24, 2.45) is 12.8 Å². The third-order valence-electron chi connectivity index (χ3n) is 4.82. The number of hydrogen-bond donors (Lipinski definition) is 1. The summed E-state index contributed by atoms with van der Waals surface area (Å²) in [5, 5.41) is 4.45. The molecule has 1 fully saturated rings. The van der Waals surface area contributed by atoms with Crippen LogP contribution >= 0.6 is 0 Å². The van der Waals surface area contributed by atoms with E-state index in [1.165, 1.54) is 12.1 Å². The van der Waals surface area contributed by atoms with Crippen molar-refractivity contribution in [1.29, 1.82) is 0 Å². The van der Waals surface area contributed by atoms with Crippen LogP contribution in [0, 0.1) is 12.7 Å². The van der Waals surface area contributed by atoms with E-state index in [2.05, 4.69) is 10.00 Å². The Morgan fingerprint density at radius 3 is 2.68 bits per heavy atom. The number of nitrogens with zero attached hydrogens (tertiary/aromatic N) is 3. The van der Waals surface area contributed by atoms with Crippen LogP contribution in [0.25, 0.3) is 0 Å². The summed E-state index contributed by atoms with van der Waals surface area (Å²) >= 11 is 0. The number of ether oxygens (including phenoxy) is 1. The van der Waals surface area contributed by atoms with Gasteiger partial charge in [0, 0.05) is 13.1 Å². The van der Waals surface area contributed by atoms with E-state index < -0.39 is 11.9 Å². The fourth-order valence-corrected chi connectivity index (χ4v) is 3.85. The summed E-state index contributed by atoms with van der Waals surface area (Å²) in [5.41, 5.74) is 8.27. The van der Waals surface area contributed by atoms with Crippen molar-refractivity contribution in [2.45, 2.75) is 31.8 Å². The number of hydrogen-bond acceptors (Lipinski definition) is 4. The van der Waals surface area contributed by atoms with Gasteiger partial charge in [-0.05, 0) is 44.0 Å². The van der Waals surface area contributed by atoms with Gasteiger partial charge in [0.1, 0.15) is 11.9 Å². The number of aromatic nitrogens is 2. The molecule has 2 heterocycles. The maximum Gasteiger partial charge on any atom is 0.239 e. The molecular weight excluding hydrogens is 323 g/mol. The highest BCUT2D eigenvalue weighted by Gasteiger charge is 2.38. The van der Waals surface area contributed by atoms with Crippen molar-refractivity contribution in [3.8, 4) is 5.88 Å². The molecule has 0 aliphatic carbocycles. The predicted molar refractivity (Wildman–Crippen MR) is 91.5 cm³/mol. The van der Waals surface area contributed by atoms with Gasteiger partial charge >= 0.3 is 0 Å². The third kappa shape index (κ3) is 3.11. The summed E-state index contributed by atoms with van der Waals surface area (Å²) in [6, 6.07) is 5.31. The van der Waals surface area contributed by atoms with E-state index in [1.807, 2.05) is 14.0 Å². The largest absolute Gasteiger partial charge is 0.481 e. The van der Waals surface area contributed by atoms with Crippen LogP contribution < -0.4 is 10.5 Å². The van der Waals surface area contributed by atoms with Crippen LogP contribution in [0.4, 0.5) is 4.39 Å². The van der Waals surface area contributed by atoms with E-state index in [0.717, 1.165) is 30.6 Å². The topological polar surface area (TPSA) is 73.4 Å². The molecule has 0 bridgehead atoms. The highest BCUT2D eigenvalue weighted by atomic mass is 19.1. The summed E-state index contributed by atoms with van der Waals surface area (Å²) < 4.78 is 20.5. The molecule has 6 nitrogen and oxygen atoms in total. The molecule has 134 valence electrons. The monoisotopic (exact) mass is 346 g/mol. The van der Waals surface area contributed by atoms with E-state index >= 15 is 0 Å². The van der Waals surface area contributed by atoms with Crippen LogP contribution in [0.2, 0.25) is 0 Å². The molecule has 25 heavy (non-hydrogen) atoms. The maximum atomic E-state index is 13.3. The van der Waals surface area contributed by atoms with Gasteiger partial charge in [-0.2, -0.15) is 5.10 Å². The highest BCUT2D eigenvalue weighted by molar-refractivity contribution is 5.81. The summed E-state index contributed by atoms with van der Waals surface area (Å²) in [7, 11) is 3.45. The molecule has 0 saturated carbocycles. The van der Waals surface area contributed by atoms with Crippen LogP contribution in [0.3, 0.4) is 0 Å². The first-order valence-electron chi connectivity index (χ1n) is 8.32. The Morgan fingerprint density at radius 2 is 2.08 bits per heavy atom. The number of aryl methyl sites for hydroxylation is 2. The fourth-order valence-electron chi connectivity index (χ4n) is 3.85. The molecule has 7 heteroatoms. The van der Waals surface area contributed by atoms with E-state index in [9.17, 15) is 9.18 Å². The molecule has 2 N–H and O–H groups in total. The van der Waals surface area contributed by atoms with Crippen molar-refractivity contribution in [2.75, 3.05) is 13.7 Å². The van der Waals surface area contributed by atoms with Crippen LogP contribution in [0.1, 0.15) is 41.7 Å². The quantitative estimate of drug-likeness (QED) is 0.901. The maximum absolute atomic E-state index is 13.3. The molecule has 1 aliphatic rings. The zero-order valence-electron chi connectivity index (χ0n) is 14.7. The summed E-state index contributed by atoms with van der Waals surface area (Å²) in [6.45, 7) is 2.67. The second-order valence-corrected chi connectivity index (χ2v) is 6.38. The number of rotatable bonds is 5. The van der Waals surface area contributed by atoms with Gasteiger partial charge < -0.3 is 10.5 Å². The fraction of sp³-hybridized carbons (Fsp3) is 0.444. The first-order valence-corrected chi connectivity index (χ1v) is 8.32. The first kappa shape index (κ1) is 17.4. The Morgan fingerprint density at radius 1 is 1.40 bits per heavy atom. The number of primary amides is 1. The molecule has 2 unspecified atom stereocenters. The number of carbonyl (C=O) groups excluding carboxylic acids is 1. The molecule has 2 atom stereocenters. The zero-order valence-corrected chi connectivity index (χ0v) is 14.7. The lowest BCUT2D eigenvalue weighted by atomic mass is 10.00. The predicted octanol–water partition coefficient (Wildman–Crippen LogP) is 2.24.